The Morgan fingerprint density at radius 2 is 2.15 bits per heavy atom. The second-order valence-electron chi connectivity index (χ2n) is 2.96. The third-order valence-electron chi connectivity index (χ3n) is 1.78. The highest BCUT2D eigenvalue weighted by molar-refractivity contribution is 5.14. The Morgan fingerprint density at radius 3 is 2.77 bits per heavy atom. The summed E-state index contributed by atoms with van der Waals surface area (Å²) in [4.78, 5) is 3.93. The maximum Gasteiger partial charge on any atom is 0.0659 e. The minimum Gasteiger partial charge on any atom is -0.379 e. The second kappa shape index (κ2) is 5.67. The largest absolute Gasteiger partial charge is 0.379 e. The number of hydrogen-bond donors (Lipinski definition) is 1. The van der Waals surface area contributed by atoms with Gasteiger partial charge in [-0.2, -0.15) is 0 Å². The first-order valence-corrected chi connectivity index (χ1v) is 4.58. The summed E-state index contributed by atoms with van der Waals surface area (Å²) >= 11 is 0. The molecule has 1 heterocycles. The highest BCUT2D eigenvalue weighted by Crippen LogP contribution is 2.08. The summed E-state index contributed by atoms with van der Waals surface area (Å²) in [5, 5.41) is 0. The fourth-order valence-electron chi connectivity index (χ4n) is 1.06. The molecule has 3 heteroatoms. The monoisotopic (exact) mass is 180 g/mol. The predicted molar refractivity (Wildman–Crippen MR) is 52.3 cm³/mol. The molecule has 1 aromatic heterocycles. The Bertz CT molecular complexity index is 226. The van der Waals surface area contributed by atoms with Crippen LogP contribution in [0.1, 0.15) is 24.9 Å². The van der Waals surface area contributed by atoms with Crippen LogP contribution in [0.3, 0.4) is 0 Å². The van der Waals surface area contributed by atoms with Crippen LogP contribution in [-0.4, -0.2) is 18.2 Å². The summed E-state index contributed by atoms with van der Waals surface area (Å²) in [7, 11) is 0. The maximum atomic E-state index is 5.88. The summed E-state index contributed by atoms with van der Waals surface area (Å²) in [6.07, 6.45) is 4.52. The first-order chi connectivity index (χ1) is 6.34. The summed E-state index contributed by atoms with van der Waals surface area (Å²) < 4.78 is 5.35. The van der Waals surface area contributed by atoms with Crippen LogP contribution < -0.4 is 5.73 Å². The lowest BCUT2D eigenvalue weighted by atomic mass is 10.1. The van der Waals surface area contributed by atoms with Gasteiger partial charge in [-0.25, -0.2) is 0 Å². The van der Waals surface area contributed by atoms with E-state index in [-0.39, 0.29) is 6.04 Å². The van der Waals surface area contributed by atoms with E-state index in [2.05, 4.69) is 11.9 Å². The van der Waals surface area contributed by atoms with Gasteiger partial charge in [0, 0.05) is 19.0 Å². The molecule has 0 aromatic carbocycles. The third-order valence-corrected chi connectivity index (χ3v) is 1.78. The van der Waals surface area contributed by atoms with Crippen molar-refractivity contribution in [3.8, 4) is 0 Å². The average molecular weight is 180 g/mol. The van der Waals surface area contributed by atoms with Crippen molar-refractivity contribution in [2.75, 3.05) is 13.2 Å². The molecule has 72 valence electrons. The molecule has 0 fully saturated rings. The predicted octanol–water partition coefficient (Wildman–Crippen LogP) is 1.51. The lowest BCUT2D eigenvalue weighted by Gasteiger charge is -2.11. The van der Waals surface area contributed by atoms with E-state index in [0.717, 1.165) is 18.6 Å². The molecule has 1 atom stereocenters. The van der Waals surface area contributed by atoms with E-state index in [1.54, 1.807) is 12.4 Å². The van der Waals surface area contributed by atoms with Crippen molar-refractivity contribution < 1.29 is 4.74 Å². The Labute approximate surface area is 78.9 Å². The molecule has 1 unspecified atom stereocenters. The normalized spacial score (nSPS) is 12.8. The number of pyridine rings is 1. The number of nitrogens with two attached hydrogens (primary N) is 1. The minimum atomic E-state index is -0.0328. The molecule has 0 bridgehead atoms. The van der Waals surface area contributed by atoms with Crippen LogP contribution in [-0.2, 0) is 4.74 Å². The molecule has 0 spiro atoms. The summed E-state index contributed by atoms with van der Waals surface area (Å²) in [5.74, 6) is 0. The van der Waals surface area contributed by atoms with Gasteiger partial charge >= 0.3 is 0 Å². The van der Waals surface area contributed by atoms with Crippen LogP contribution in [0.4, 0.5) is 0 Å². The summed E-state index contributed by atoms with van der Waals surface area (Å²) in [5.41, 5.74) is 6.96. The lowest BCUT2D eigenvalue weighted by molar-refractivity contribution is 0.121. The molecule has 0 saturated carbocycles. The fourth-order valence-corrected chi connectivity index (χ4v) is 1.06. The van der Waals surface area contributed by atoms with Gasteiger partial charge in [0.1, 0.15) is 0 Å². The highest BCUT2D eigenvalue weighted by Gasteiger charge is 2.04. The number of rotatable bonds is 5. The van der Waals surface area contributed by atoms with Crippen LogP contribution in [0.15, 0.2) is 24.5 Å². The van der Waals surface area contributed by atoms with Crippen LogP contribution in [0, 0.1) is 0 Å². The topological polar surface area (TPSA) is 48.1 Å². The SMILES string of the molecule is CCCOCC(N)c1ccncc1. The van der Waals surface area contributed by atoms with E-state index in [1.807, 2.05) is 12.1 Å². The smallest absolute Gasteiger partial charge is 0.0659 e. The number of ether oxygens (including phenoxy) is 1. The lowest BCUT2D eigenvalue weighted by Crippen LogP contribution is -2.17. The van der Waals surface area contributed by atoms with Crippen molar-refractivity contribution >= 4 is 0 Å². The molecule has 0 radical (unpaired) electrons. The number of hydrogen-bond acceptors (Lipinski definition) is 3. The zero-order valence-corrected chi connectivity index (χ0v) is 7.94. The van der Waals surface area contributed by atoms with Crippen molar-refractivity contribution in [1.82, 2.24) is 4.98 Å². The van der Waals surface area contributed by atoms with Gasteiger partial charge in [0.05, 0.1) is 12.6 Å². The van der Waals surface area contributed by atoms with Crippen molar-refractivity contribution in [2.45, 2.75) is 19.4 Å². The Morgan fingerprint density at radius 1 is 1.46 bits per heavy atom. The van der Waals surface area contributed by atoms with Crippen LogP contribution in [0.2, 0.25) is 0 Å². The maximum absolute atomic E-state index is 5.88. The van der Waals surface area contributed by atoms with Crippen molar-refractivity contribution in [1.29, 1.82) is 0 Å². The third kappa shape index (κ3) is 3.53. The zero-order chi connectivity index (χ0) is 9.52. The van der Waals surface area contributed by atoms with Crippen LogP contribution in [0.5, 0.6) is 0 Å². The Hall–Kier alpha value is -0.930. The summed E-state index contributed by atoms with van der Waals surface area (Å²) in [6, 6.07) is 3.80. The van der Waals surface area contributed by atoms with Gasteiger partial charge in [-0.15, -0.1) is 0 Å². The molecular formula is C10H16N2O. The van der Waals surface area contributed by atoms with E-state index >= 15 is 0 Å². The Kier molecular flexibility index (Phi) is 4.43. The molecule has 0 saturated heterocycles. The van der Waals surface area contributed by atoms with Gasteiger partial charge in [0.25, 0.3) is 0 Å². The standard InChI is InChI=1S/C10H16N2O/c1-2-7-13-8-10(11)9-3-5-12-6-4-9/h3-6,10H,2,7-8,11H2,1H3. The molecule has 2 N–H and O–H groups in total. The quantitative estimate of drug-likeness (QED) is 0.699. The average Bonchev–Trinajstić information content (AvgIpc) is 2.19. The molecule has 0 amide bonds. The number of nitrogens with zero attached hydrogens (tertiary/aromatic N) is 1. The Balaban J connectivity index is 2.35. The molecule has 3 nitrogen and oxygen atoms in total. The molecule has 0 aliphatic heterocycles. The van der Waals surface area contributed by atoms with Crippen LogP contribution >= 0.6 is 0 Å². The van der Waals surface area contributed by atoms with Gasteiger partial charge in [-0.1, -0.05) is 6.92 Å². The molecule has 1 rings (SSSR count). The van der Waals surface area contributed by atoms with Gasteiger partial charge in [0.15, 0.2) is 0 Å². The van der Waals surface area contributed by atoms with E-state index in [4.69, 9.17) is 10.5 Å². The fraction of sp³-hybridized carbons (Fsp3) is 0.500. The van der Waals surface area contributed by atoms with Gasteiger partial charge in [-0.3, -0.25) is 4.98 Å². The van der Waals surface area contributed by atoms with Crippen molar-refractivity contribution in [2.24, 2.45) is 5.73 Å². The van der Waals surface area contributed by atoms with E-state index in [0.29, 0.717) is 6.61 Å². The molecule has 1 aromatic rings. The van der Waals surface area contributed by atoms with Crippen LogP contribution in [0.25, 0.3) is 0 Å². The van der Waals surface area contributed by atoms with Gasteiger partial charge in [0.2, 0.25) is 0 Å². The van der Waals surface area contributed by atoms with Crippen molar-refractivity contribution in [3.05, 3.63) is 30.1 Å². The summed E-state index contributed by atoms with van der Waals surface area (Å²) in [6.45, 7) is 3.44. The zero-order valence-electron chi connectivity index (χ0n) is 7.94. The van der Waals surface area contributed by atoms with Gasteiger partial charge < -0.3 is 10.5 Å². The molecule has 0 aliphatic rings. The van der Waals surface area contributed by atoms with E-state index < -0.39 is 0 Å². The van der Waals surface area contributed by atoms with Gasteiger partial charge in [-0.05, 0) is 24.1 Å². The number of aromatic nitrogens is 1. The molecular weight excluding hydrogens is 164 g/mol. The van der Waals surface area contributed by atoms with E-state index in [1.165, 1.54) is 0 Å². The van der Waals surface area contributed by atoms with E-state index in [9.17, 15) is 0 Å². The molecule has 0 aliphatic carbocycles. The highest BCUT2D eigenvalue weighted by atomic mass is 16.5. The first-order valence-electron chi connectivity index (χ1n) is 4.58. The van der Waals surface area contributed by atoms with Crippen molar-refractivity contribution in [3.63, 3.8) is 0 Å². The molecule has 13 heavy (non-hydrogen) atoms. The second-order valence-corrected chi connectivity index (χ2v) is 2.96. The first kappa shape index (κ1) is 10.2. The minimum absolute atomic E-state index is 0.0328.